The molecule has 0 saturated heterocycles. The quantitative estimate of drug-likeness (QED) is 0.453. The van der Waals surface area contributed by atoms with Crippen molar-refractivity contribution in [1.82, 2.24) is 10.2 Å². The number of nitrogens with one attached hydrogen (secondary N) is 1. The second-order valence-corrected chi connectivity index (χ2v) is 12.7. The van der Waals surface area contributed by atoms with E-state index in [0.29, 0.717) is 17.1 Å². The molecule has 0 radical (unpaired) electrons. The van der Waals surface area contributed by atoms with Gasteiger partial charge in [-0.1, -0.05) is 46.6 Å². The average molecular weight is 587 g/mol. The molecule has 192 valence electrons. The fourth-order valence-electron chi connectivity index (χ4n) is 3.56. The van der Waals surface area contributed by atoms with Crippen molar-refractivity contribution in [1.29, 1.82) is 0 Å². The second kappa shape index (κ2) is 11.8. The molecule has 0 spiro atoms. The Morgan fingerprint density at radius 2 is 1.71 bits per heavy atom. The van der Waals surface area contributed by atoms with Crippen molar-refractivity contribution in [2.75, 3.05) is 17.1 Å². The molecule has 0 aromatic heterocycles. The van der Waals surface area contributed by atoms with E-state index in [4.69, 9.17) is 11.6 Å². The largest absolute Gasteiger partial charge is 0.350 e. The molecule has 0 fully saturated rings. The van der Waals surface area contributed by atoms with Gasteiger partial charge in [0, 0.05) is 21.6 Å². The highest BCUT2D eigenvalue weighted by molar-refractivity contribution is 9.10. The lowest BCUT2D eigenvalue weighted by atomic mass is 10.1. The molecule has 1 N–H and O–H groups in total. The fourth-order valence-corrected chi connectivity index (χ4v) is 4.77. The molecule has 0 aliphatic rings. The monoisotopic (exact) mass is 585 g/mol. The Balaban J connectivity index is 2.47. The highest BCUT2D eigenvalue weighted by Crippen LogP contribution is 2.25. The van der Waals surface area contributed by atoms with E-state index in [0.717, 1.165) is 26.2 Å². The fraction of sp³-hybridized carbons (Fsp3) is 0.440. The Hall–Kier alpha value is -2.10. The molecule has 0 bridgehead atoms. The number of sulfonamides is 1. The van der Waals surface area contributed by atoms with Gasteiger partial charge in [-0.25, -0.2) is 8.42 Å². The number of hydrogen-bond donors (Lipinski definition) is 1. The van der Waals surface area contributed by atoms with E-state index in [-0.39, 0.29) is 12.5 Å². The summed E-state index contributed by atoms with van der Waals surface area (Å²) in [5, 5.41) is 3.49. The molecule has 7 nitrogen and oxygen atoms in total. The van der Waals surface area contributed by atoms with E-state index in [1.165, 1.54) is 4.90 Å². The van der Waals surface area contributed by atoms with E-state index in [1.807, 2.05) is 34.6 Å². The first-order valence-corrected chi connectivity index (χ1v) is 14.2. The van der Waals surface area contributed by atoms with Crippen molar-refractivity contribution in [3.05, 3.63) is 63.1 Å². The molecule has 1 atom stereocenters. The van der Waals surface area contributed by atoms with Gasteiger partial charge in [0.2, 0.25) is 21.8 Å². The first-order valence-electron chi connectivity index (χ1n) is 11.2. The Kier molecular flexibility index (Phi) is 9.79. The predicted octanol–water partition coefficient (Wildman–Crippen LogP) is 4.90. The first kappa shape index (κ1) is 29.1. The van der Waals surface area contributed by atoms with Crippen LogP contribution in [0.15, 0.2) is 46.9 Å². The number of nitrogens with zero attached hydrogens (tertiary/aromatic N) is 2. The predicted molar refractivity (Wildman–Crippen MR) is 145 cm³/mol. The summed E-state index contributed by atoms with van der Waals surface area (Å²) in [5.74, 6) is -0.783. The molecule has 2 rings (SSSR count). The number of aryl methyl sites for hydroxylation is 1. The van der Waals surface area contributed by atoms with Crippen LogP contribution in [0.1, 0.15) is 45.2 Å². The smallest absolute Gasteiger partial charge is 0.244 e. The van der Waals surface area contributed by atoms with Gasteiger partial charge in [0.15, 0.2) is 0 Å². The Bertz CT molecular complexity index is 1160. The van der Waals surface area contributed by atoms with Gasteiger partial charge in [0.05, 0.1) is 11.9 Å². The van der Waals surface area contributed by atoms with Crippen molar-refractivity contribution in [3.8, 4) is 0 Å². The van der Waals surface area contributed by atoms with Gasteiger partial charge in [0.1, 0.15) is 12.6 Å². The van der Waals surface area contributed by atoms with Gasteiger partial charge >= 0.3 is 0 Å². The zero-order chi connectivity index (χ0) is 26.6. The van der Waals surface area contributed by atoms with Gasteiger partial charge in [-0.05, 0) is 75.6 Å². The molecular formula is C25H33BrClN3O4S. The summed E-state index contributed by atoms with van der Waals surface area (Å²) in [4.78, 5) is 28.3. The molecule has 35 heavy (non-hydrogen) atoms. The molecule has 1 unspecified atom stereocenters. The second-order valence-electron chi connectivity index (χ2n) is 9.51. The summed E-state index contributed by atoms with van der Waals surface area (Å²) >= 11 is 9.43. The highest BCUT2D eigenvalue weighted by Gasteiger charge is 2.33. The van der Waals surface area contributed by atoms with Crippen molar-refractivity contribution in [2.45, 2.75) is 59.2 Å². The van der Waals surface area contributed by atoms with Crippen molar-refractivity contribution in [3.63, 3.8) is 0 Å². The minimum atomic E-state index is -3.78. The van der Waals surface area contributed by atoms with Crippen LogP contribution in [0.25, 0.3) is 0 Å². The maximum Gasteiger partial charge on any atom is 0.244 e. The lowest BCUT2D eigenvalue weighted by Gasteiger charge is -2.34. The van der Waals surface area contributed by atoms with Crippen LogP contribution in [-0.4, -0.2) is 49.5 Å². The molecule has 0 aliphatic heterocycles. The Morgan fingerprint density at radius 3 is 2.20 bits per heavy atom. The molecule has 0 heterocycles. The maximum atomic E-state index is 13.7. The third kappa shape index (κ3) is 8.51. The summed E-state index contributed by atoms with van der Waals surface area (Å²) < 4.78 is 27.3. The van der Waals surface area contributed by atoms with Crippen LogP contribution < -0.4 is 9.62 Å². The zero-order valence-corrected chi connectivity index (χ0v) is 24.1. The summed E-state index contributed by atoms with van der Waals surface area (Å²) in [5.41, 5.74) is 1.49. The van der Waals surface area contributed by atoms with Crippen LogP contribution in [0, 0.1) is 6.92 Å². The topological polar surface area (TPSA) is 86.8 Å². The highest BCUT2D eigenvalue weighted by atomic mass is 79.9. The number of hydrogen-bond acceptors (Lipinski definition) is 4. The third-order valence-electron chi connectivity index (χ3n) is 5.26. The summed E-state index contributed by atoms with van der Waals surface area (Å²) in [7, 11) is -3.78. The van der Waals surface area contributed by atoms with Crippen LogP contribution >= 0.6 is 27.5 Å². The van der Waals surface area contributed by atoms with E-state index in [1.54, 1.807) is 42.5 Å². The van der Waals surface area contributed by atoms with Gasteiger partial charge in [-0.2, -0.15) is 0 Å². The molecule has 2 aromatic carbocycles. The zero-order valence-electron chi connectivity index (χ0n) is 20.9. The van der Waals surface area contributed by atoms with E-state index in [2.05, 4.69) is 21.2 Å². The van der Waals surface area contributed by atoms with Gasteiger partial charge in [-0.3, -0.25) is 13.9 Å². The van der Waals surface area contributed by atoms with Crippen LogP contribution in [0.5, 0.6) is 0 Å². The summed E-state index contributed by atoms with van der Waals surface area (Å²) in [6, 6.07) is 11.3. The number of carbonyl (C=O) groups is 2. The summed E-state index contributed by atoms with van der Waals surface area (Å²) in [6.07, 6.45) is 1.42. The van der Waals surface area contributed by atoms with Crippen LogP contribution in [0.3, 0.4) is 0 Å². The van der Waals surface area contributed by atoms with Crippen molar-refractivity contribution in [2.24, 2.45) is 0 Å². The van der Waals surface area contributed by atoms with Gasteiger partial charge < -0.3 is 10.2 Å². The molecule has 2 amide bonds. The number of carbonyl (C=O) groups excluding carboxylic acids is 2. The number of halogens is 2. The van der Waals surface area contributed by atoms with Gasteiger partial charge in [-0.15, -0.1) is 0 Å². The van der Waals surface area contributed by atoms with Crippen LogP contribution in [-0.2, 0) is 26.2 Å². The third-order valence-corrected chi connectivity index (χ3v) is 7.54. The molecule has 0 aliphatic carbocycles. The van der Waals surface area contributed by atoms with Crippen molar-refractivity contribution >= 4 is 55.1 Å². The lowest BCUT2D eigenvalue weighted by molar-refractivity contribution is -0.141. The Labute approximate surface area is 222 Å². The van der Waals surface area contributed by atoms with E-state index < -0.39 is 34.1 Å². The number of anilines is 1. The normalized spacial score (nSPS) is 12.7. The molecule has 0 saturated carbocycles. The number of benzene rings is 2. The van der Waals surface area contributed by atoms with Crippen LogP contribution in [0.2, 0.25) is 5.02 Å². The molecule has 2 aromatic rings. The lowest BCUT2D eigenvalue weighted by Crippen LogP contribution is -2.55. The van der Waals surface area contributed by atoms with E-state index >= 15 is 0 Å². The minimum absolute atomic E-state index is 0.128. The maximum absolute atomic E-state index is 13.7. The van der Waals surface area contributed by atoms with Gasteiger partial charge in [0.25, 0.3) is 0 Å². The van der Waals surface area contributed by atoms with E-state index in [9.17, 15) is 18.0 Å². The summed E-state index contributed by atoms with van der Waals surface area (Å²) in [6.45, 7) is 8.95. The van der Waals surface area contributed by atoms with Crippen molar-refractivity contribution < 1.29 is 18.0 Å². The molecule has 10 heteroatoms. The average Bonchev–Trinajstić information content (AvgIpc) is 2.73. The Morgan fingerprint density at radius 1 is 1.11 bits per heavy atom. The number of amides is 2. The molecular weight excluding hydrogens is 554 g/mol. The standard InChI is InChI=1S/C25H33BrClN3O4S/c1-7-22(24(32)28-25(3,4)5)29(15-18-8-10-19(27)11-9-18)23(31)16-30(35(6,33)34)20-12-13-21(26)17(2)14-20/h8-14,22H,7,15-16H2,1-6H3,(H,28,32). The SMILES string of the molecule is CCC(C(=O)NC(C)(C)C)N(Cc1ccc(Cl)cc1)C(=O)CN(c1ccc(Br)c(C)c1)S(C)(=O)=O. The minimum Gasteiger partial charge on any atom is -0.350 e. The van der Waals surface area contributed by atoms with Crippen LogP contribution in [0.4, 0.5) is 5.69 Å². The number of rotatable bonds is 9. The first-order chi connectivity index (χ1) is 16.1.